The summed E-state index contributed by atoms with van der Waals surface area (Å²) in [6.45, 7) is 4.51. The van der Waals surface area contributed by atoms with Gasteiger partial charge in [0.15, 0.2) is 5.96 Å². The highest BCUT2D eigenvalue weighted by Gasteiger charge is 2.16. The lowest BCUT2D eigenvalue weighted by atomic mass is 10.1. The van der Waals surface area contributed by atoms with Gasteiger partial charge in [-0.15, -0.1) is 24.0 Å². The van der Waals surface area contributed by atoms with Gasteiger partial charge in [-0.3, -0.25) is 9.79 Å². The molecule has 0 bridgehead atoms. The molecule has 1 fully saturated rings. The van der Waals surface area contributed by atoms with E-state index in [2.05, 4.69) is 15.6 Å². The van der Waals surface area contributed by atoms with Crippen molar-refractivity contribution in [2.45, 2.75) is 32.3 Å². The molecule has 1 saturated heterocycles. The highest BCUT2D eigenvalue weighted by molar-refractivity contribution is 14.0. The first-order valence-electron chi connectivity index (χ1n) is 9.15. The highest BCUT2D eigenvalue weighted by atomic mass is 127. The van der Waals surface area contributed by atoms with Gasteiger partial charge in [0.2, 0.25) is 5.91 Å². The fraction of sp³-hybridized carbons (Fsp3) is 0.579. The molecule has 0 aliphatic carbocycles. The van der Waals surface area contributed by atoms with Gasteiger partial charge in [-0.2, -0.15) is 0 Å². The molecule has 1 heterocycles. The Balaban J connectivity index is 0.00000364. The molecule has 0 saturated carbocycles. The second-order valence-corrected chi connectivity index (χ2v) is 6.36. The molecule has 1 unspecified atom stereocenters. The normalized spacial score (nSPS) is 15.4. The zero-order chi connectivity index (χ0) is 18.8. The van der Waals surface area contributed by atoms with Crippen molar-refractivity contribution in [2.75, 3.05) is 40.3 Å². The van der Waals surface area contributed by atoms with E-state index in [-0.39, 0.29) is 42.5 Å². The molecule has 2 N–H and O–H groups in total. The van der Waals surface area contributed by atoms with Crippen molar-refractivity contribution in [2.24, 2.45) is 4.99 Å². The van der Waals surface area contributed by atoms with Crippen LogP contribution < -0.4 is 20.1 Å². The standard InChI is InChI=1S/C19H30N4O3.HI/c1-15(26-17-9-7-8-16(12-17)25-3)13-21-19(20-2)22-14-18(24)23-10-5-4-6-11-23;/h7-9,12,15H,4-6,10-11,13-14H2,1-3H3,(H2,20,21,22);1H. The molecule has 1 atom stereocenters. The summed E-state index contributed by atoms with van der Waals surface area (Å²) < 4.78 is 11.1. The SMILES string of the molecule is CN=C(NCC(=O)N1CCCCC1)NCC(C)Oc1cccc(OC)c1.I. The van der Waals surface area contributed by atoms with Crippen LogP contribution in [-0.2, 0) is 4.79 Å². The van der Waals surface area contributed by atoms with E-state index in [1.54, 1.807) is 14.2 Å². The Hall–Kier alpha value is -1.71. The lowest BCUT2D eigenvalue weighted by molar-refractivity contribution is -0.130. The number of aliphatic imine (C=N–C) groups is 1. The number of halogens is 1. The number of nitrogens with zero attached hydrogens (tertiary/aromatic N) is 2. The molecular weight excluding hydrogens is 459 g/mol. The third kappa shape index (κ3) is 8.23. The average molecular weight is 490 g/mol. The van der Waals surface area contributed by atoms with Gasteiger partial charge in [0.05, 0.1) is 20.2 Å². The summed E-state index contributed by atoms with van der Waals surface area (Å²) in [6.07, 6.45) is 3.33. The predicted molar refractivity (Wildman–Crippen MR) is 118 cm³/mol. The molecule has 7 nitrogen and oxygen atoms in total. The first kappa shape index (κ1) is 23.3. The van der Waals surface area contributed by atoms with Crippen LogP contribution in [0.2, 0.25) is 0 Å². The Morgan fingerprint density at radius 1 is 1.22 bits per heavy atom. The fourth-order valence-electron chi connectivity index (χ4n) is 2.82. The number of likely N-dealkylation sites (tertiary alicyclic amines) is 1. The molecular formula is C19H31IN4O3. The Morgan fingerprint density at radius 3 is 2.59 bits per heavy atom. The number of amides is 1. The highest BCUT2D eigenvalue weighted by Crippen LogP contribution is 2.19. The zero-order valence-corrected chi connectivity index (χ0v) is 18.7. The fourth-order valence-corrected chi connectivity index (χ4v) is 2.82. The molecule has 0 spiro atoms. The van der Waals surface area contributed by atoms with Gasteiger partial charge in [-0.25, -0.2) is 0 Å². The van der Waals surface area contributed by atoms with Crippen LogP contribution in [0.25, 0.3) is 0 Å². The van der Waals surface area contributed by atoms with E-state index in [0.717, 1.165) is 37.4 Å². The maximum Gasteiger partial charge on any atom is 0.241 e. The number of ether oxygens (including phenoxy) is 2. The second-order valence-electron chi connectivity index (χ2n) is 6.36. The Kier molecular flexibility index (Phi) is 10.9. The Morgan fingerprint density at radius 2 is 1.93 bits per heavy atom. The van der Waals surface area contributed by atoms with Gasteiger partial charge >= 0.3 is 0 Å². The third-order valence-electron chi connectivity index (χ3n) is 4.27. The van der Waals surface area contributed by atoms with E-state index in [1.165, 1.54) is 6.42 Å². The molecule has 0 radical (unpaired) electrons. The van der Waals surface area contributed by atoms with Gasteiger partial charge in [-0.05, 0) is 38.3 Å². The molecule has 27 heavy (non-hydrogen) atoms. The van der Waals surface area contributed by atoms with E-state index in [9.17, 15) is 4.79 Å². The van der Waals surface area contributed by atoms with Crippen molar-refractivity contribution in [3.63, 3.8) is 0 Å². The largest absolute Gasteiger partial charge is 0.497 e. The summed E-state index contributed by atoms with van der Waals surface area (Å²) in [5, 5.41) is 6.26. The van der Waals surface area contributed by atoms with Crippen LogP contribution in [0, 0.1) is 0 Å². The minimum absolute atomic E-state index is 0. The van der Waals surface area contributed by atoms with Gasteiger partial charge in [0, 0.05) is 26.2 Å². The first-order valence-corrected chi connectivity index (χ1v) is 9.15. The van der Waals surface area contributed by atoms with Crippen LogP contribution in [0.4, 0.5) is 0 Å². The molecule has 1 aromatic carbocycles. The van der Waals surface area contributed by atoms with E-state index in [1.807, 2.05) is 36.1 Å². The summed E-state index contributed by atoms with van der Waals surface area (Å²) in [4.78, 5) is 18.3. The lowest BCUT2D eigenvalue weighted by Gasteiger charge is -2.27. The van der Waals surface area contributed by atoms with Crippen LogP contribution in [0.3, 0.4) is 0 Å². The summed E-state index contributed by atoms with van der Waals surface area (Å²) in [7, 11) is 3.32. The molecule has 1 aromatic rings. The summed E-state index contributed by atoms with van der Waals surface area (Å²) in [6, 6.07) is 7.51. The summed E-state index contributed by atoms with van der Waals surface area (Å²) in [5.41, 5.74) is 0. The Labute approximate surface area is 178 Å². The van der Waals surface area contributed by atoms with Crippen LogP contribution in [0.5, 0.6) is 11.5 Å². The van der Waals surface area contributed by atoms with Crippen LogP contribution in [0.15, 0.2) is 29.3 Å². The topological polar surface area (TPSA) is 75.2 Å². The van der Waals surface area contributed by atoms with E-state index >= 15 is 0 Å². The van der Waals surface area contributed by atoms with Gasteiger partial charge < -0.3 is 25.0 Å². The van der Waals surface area contributed by atoms with Crippen molar-refractivity contribution < 1.29 is 14.3 Å². The van der Waals surface area contributed by atoms with Crippen LogP contribution >= 0.6 is 24.0 Å². The molecule has 2 rings (SSSR count). The van der Waals surface area contributed by atoms with E-state index in [4.69, 9.17) is 9.47 Å². The quantitative estimate of drug-likeness (QED) is 0.349. The Bertz CT molecular complexity index is 606. The predicted octanol–water partition coefficient (Wildman–Crippen LogP) is 2.26. The first-order chi connectivity index (χ1) is 12.6. The van der Waals surface area contributed by atoms with Crippen molar-refractivity contribution in [1.29, 1.82) is 0 Å². The van der Waals surface area contributed by atoms with Crippen molar-refractivity contribution in [3.05, 3.63) is 24.3 Å². The van der Waals surface area contributed by atoms with Gasteiger partial charge in [0.1, 0.15) is 17.6 Å². The third-order valence-corrected chi connectivity index (χ3v) is 4.27. The molecule has 1 aliphatic heterocycles. The number of methoxy groups -OCH3 is 1. The molecule has 152 valence electrons. The zero-order valence-electron chi connectivity index (χ0n) is 16.4. The average Bonchev–Trinajstić information content (AvgIpc) is 2.68. The molecule has 0 aromatic heterocycles. The number of benzene rings is 1. The molecule has 1 aliphatic rings. The number of carbonyl (C=O) groups is 1. The van der Waals surface area contributed by atoms with Gasteiger partial charge in [-0.1, -0.05) is 6.07 Å². The number of guanidine groups is 1. The maximum atomic E-state index is 12.2. The van der Waals surface area contributed by atoms with Gasteiger partial charge in [0.25, 0.3) is 0 Å². The molecule has 8 heteroatoms. The monoisotopic (exact) mass is 490 g/mol. The number of nitrogens with one attached hydrogen (secondary N) is 2. The second kappa shape index (κ2) is 12.6. The van der Waals surface area contributed by atoms with Crippen LogP contribution in [0.1, 0.15) is 26.2 Å². The number of hydrogen-bond acceptors (Lipinski definition) is 4. The number of carbonyl (C=O) groups excluding carboxylic acids is 1. The number of piperidine rings is 1. The van der Waals surface area contributed by atoms with Crippen molar-refractivity contribution >= 4 is 35.8 Å². The smallest absolute Gasteiger partial charge is 0.241 e. The van der Waals surface area contributed by atoms with Crippen molar-refractivity contribution in [3.8, 4) is 11.5 Å². The van der Waals surface area contributed by atoms with E-state index < -0.39 is 0 Å². The van der Waals surface area contributed by atoms with Crippen molar-refractivity contribution in [1.82, 2.24) is 15.5 Å². The minimum Gasteiger partial charge on any atom is -0.497 e. The summed E-state index contributed by atoms with van der Waals surface area (Å²) in [5.74, 6) is 2.23. The van der Waals surface area contributed by atoms with E-state index in [0.29, 0.717) is 12.5 Å². The van der Waals surface area contributed by atoms with Crippen LogP contribution in [-0.4, -0.2) is 63.2 Å². The number of rotatable bonds is 7. The summed E-state index contributed by atoms with van der Waals surface area (Å²) >= 11 is 0. The molecule has 1 amide bonds. The number of hydrogen-bond donors (Lipinski definition) is 2. The minimum atomic E-state index is -0.0709. The maximum absolute atomic E-state index is 12.2. The lowest BCUT2D eigenvalue weighted by Crippen LogP contribution is -2.47.